The lowest BCUT2D eigenvalue weighted by Gasteiger charge is -2.11. The molecule has 1 saturated carbocycles. The number of aromatic nitrogens is 2. The van der Waals surface area contributed by atoms with Gasteiger partial charge in [-0.2, -0.15) is 5.10 Å². The van der Waals surface area contributed by atoms with E-state index in [1.54, 1.807) is 12.1 Å². The van der Waals surface area contributed by atoms with E-state index in [1.807, 2.05) is 35.1 Å². The highest BCUT2D eigenvalue weighted by Gasteiger charge is 2.21. The summed E-state index contributed by atoms with van der Waals surface area (Å²) in [5.41, 5.74) is 2.92. The lowest BCUT2D eigenvalue weighted by Crippen LogP contribution is -2.17. The molecule has 21 heavy (non-hydrogen) atoms. The number of rotatable bonds is 4. The van der Waals surface area contributed by atoms with E-state index in [0.717, 1.165) is 22.2 Å². The summed E-state index contributed by atoms with van der Waals surface area (Å²) in [6.07, 6.45) is 4.28. The molecule has 106 valence electrons. The first kappa shape index (κ1) is 12.5. The minimum Gasteiger partial charge on any atom is -0.310 e. The highest BCUT2D eigenvalue weighted by Crippen LogP contribution is 2.24. The van der Waals surface area contributed by atoms with Crippen molar-refractivity contribution in [2.24, 2.45) is 0 Å². The molecule has 0 bridgehead atoms. The Bertz CT molecular complexity index is 790. The fourth-order valence-electron chi connectivity index (χ4n) is 2.61. The number of nitrogens with zero attached hydrogens (tertiary/aromatic N) is 2. The van der Waals surface area contributed by atoms with Gasteiger partial charge in [-0.05, 0) is 42.7 Å². The maximum absolute atomic E-state index is 13.6. The van der Waals surface area contributed by atoms with Crippen molar-refractivity contribution in [2.45, 2.75) is 25.4 Å². The highest BCUT2D eigenvalue weighted by molar-refractivity contribution is 5.80. The van der Waals surface area contributed by atoms with Crippen LogP contribution in [0.1, 0.15) is 18.4 Å². The van der Waals surface area contributed by atoms with Gasteiger partial charge in [0.15, 0.2) is 0 Å². The van der Waals surface area contributed by atoms with Crippen LogP contribution in [0.3, 0.4) is 0 Å². The van der Waals surface area contributed by atoms with Crippen LogP contribution in [0.5, 0.6) is 0 Å². The van der Waals surface area contributed by atoms with Crippen LogP contribution in [0.15, 0.2) is 48.7 Å². The van der Waals surface area contributed by atoms with E-state index >= 15 is 0 Å². The van der Waals surface area contributed by atoms with Crippen molar-refractivity contribution in [2.75, 3.05) is 0 Å². The Kier molecular flexibility index (Phi) is 2.97. The zero-order valence-corrected chi connectivity index (χ0v) is 11.6. The summed E-state index contributed by atoms with van der Waals surface area (Å²) in [6.45, 7) is 0.673. The van der Waals surface area contributed by atoms with Crippen molar-refractivity contribution in [1.29, 1.82) is 0 Å². The maximum Gasteiger partial charge on any atom is 0.123 e. The summed E-state index contributed by atoms with van der Waals surface area (Å²) in [7, 11) is 0. The van der Waals surface area contributed by atoms with Crippen LogP contribution >= 0.6 is 0 Å². The Morgan fingerprint density at radius 2 is 2.05 bits per heavy atom. The van der Waals surface area contributed by atoms with Crippen molar-refractivity contribution in [1.82, 2.24) is 15.1 Å². The average Bonchev–Trinajstić information content (AvgIpc) is 3.24. The van der Waals surface area contributed by atoms with E-state index in [2.05, 4.69) is 10.4 Å². The van der Waals surface area contributed by atoms with E-state index in [1.165, 1.54) is 18.9 Å². The van der Waals surface area contributed by atoms with E-state index < -0.39 is 0 Å². The summed E-state index contributed by atoms with van der Waals surface area (Å²) >= 11 is 0. The smallest absolute Gasteiger partial charge is 0.123 e. The van der Waals surface area contributed by atoms with Crippen LogP contribution < -0.4 is 5.32 Å². The molecule has 0 unspecified atom stereocenters. The zero-order chi connectivity index (χ0) is 14.2. The van der Waals surface area contributed by atoms with Crippen LogP contribution in [0.4, 0.5) is 4.39 Å². The lowest BCUT2D eigenvalue weighted by atomic mass is 10.1. The predicted molar refractivity (Wildman–Crippen MR) is 80.9 cm³/mol. The fourth-order valence-corrected chi connectivity index (χ4v) is 2.61. The first-order valence-corrected chi connectivity index (χ1v) is 7.26. The Morgan fingerprint density at radius 3 is 2.90 bits per heavy atom. The fraction of sp³-hybridized carbons (Fsp3) is 0.235. The normalized spacial score (nSPS) is 14.7. The molecular formula is C17H16FN3. The lowest BCUT2D eigenvalue weighted by molar-refractivity contribution is 0.617. The van der Waals surface area contributed by atoms with Crippen molar-refractivity contribution < 1.29 is 4.39 Å². The molecule has 4 rings (SSSR count). The number of para-hydroxylation sites is 1. The van der Waals surface area contributed by atoms with E-state index in [4.69, 9.17) is 0 Å². The molecule has 0 spiro atoms. The highest BCUT2D eigenvalue weighted by atomic mass is 19.1. The third kappa shape index (κ3) is 2.43. The van der Waals surface area contributed by atoms with Gasteiger partial charge in [0.25, 0.3) is 0 Å². The number of hydrogen-bond acceptors (Lipinski definition) is 2. The SMILES string of the molecule is Fc1ccc(-n2ncc3ccccc32)c(CNC2CC2)c1. The molecule has 0 amide bonds. The molecule has 1 aliphatic rings. The van der Waals surface area contributed by atoms with Crippen molar-refractivity contribution in [3.8, 4) is 5.69 Å². The standard InChI is InChI=1S/C17H16FN3/c18-14-5-8-17(13(9-14)10-19-15-6-7-15)21-16-4-2-1-3-12(16)11-20-21/h1-5,8-9,11,15,19H,6-7,10H2. The molecular weight excluding hydrogens is 265 g/mol. The van der Waals surface area contributed by atoms with Crippen molar-refractivity contribution in [3.05, 3.63) is 60.0 Å². The van der Waals surface area contributed by atoms with Crippen LogP contribution in [0, 0.1) is 5.82 Å². The number of benzene rings is 2. The maximum atomic E-state index is 13.6. The van der Waals surface area contributed by atoms with Gasteiger partial charge in [-0.1, -0.05) is 18.2 Å². The van der Waals surface area contributed by atoms with Crippen LogP contribution in [-0.4, -0.2) is 15.8 Å². The van der Waals surface area contributed by atoms with Gasteiger partial charge in [0, 0.05) is 18.0 Å². The molecule has 4 heteroatoms. The third-order valence-corrected chi connectivity index (χ3v) is 3.91. The van der Waals surface area contributed by atoms with Crippen molar-refractivity contribution in [3.63, 3.8) is 0 Å². The molecule has 3 aromatic rings. The van der Waals surface area contributed by atoms with E-state index in [0.29, 0.717) is 12.6 Å². The van der Waals surface area contributed by atoms with Gasteiger partial charge in [-0.15, -0.1) is 0 Å². The topological polar surface area (TPSA) is 29.9 Å². The van der Waals surface area contributed by atoms with Gasteiger partial charge in [-0.3, -0.25) is 0 Å². The Morgan fingerprint density at radius 1 is 1.19 bits per heavy atom. The monoisotopic (exact) mass is 281 g/mol. The number of nitrogens with one attached hydrogen (secondary N) is 1. The van der Waals surface area contributed by atoms with Crippen LogP contribution in [0.2, 0.25) is 0 Å². The number of halogens is 1. The molecule has 1 aromatic heterocycles. The van der Waals surface area contributed by atoms with Gasteiger partial charge in [0.2, 0.25) is 0 Å². The molecule has 1 aliphatic carbocycles. The largest absolute Gasteiger partial charge is 0.310 e. The predicted octanol–water partition coefficient (Wildman–Crippen LogP) is 3.42. The molecule has 1 fully saturated rings. The molecule has 2 aromatic carbocycles. The van der Waals surface area contributed by atoms with Gasteiger partial charge >= 0.3 is 0 Å². The quantitative estimate of drug-likeness (QED) is 0.794. The van der Waals surface area contributed by atoms with Gasteiger partial charge < -0.3 is 5.32 Å². The van der Waals surface area contributed by atoms with Gasteiger partial charge in [-0.25, -0.2) is 9.07 Å². The number of fused-ring (bicyclic) bond motifs is 1. The minimum atomic E-state index is -0.206. The molecule has 0 radical (unpaired) electrons. The summed E-state index contributed by atoms with van der Waals surface area (Å²) in [6, 6.07) is 13.5. The third-order valence-electron chi connectivity index (χ3n) is 3.91. The van der Waals surface area contributed by atoms with Gasteiger partial charge in [0.05, 0.1) is 17.4 Å². The summed E-state index contributed by atoms with van der Waals surface area (Å²) < 4.78 is 15.5. The zero-order valence-electron chi connectivity index (χ0n) is 11.6. The summed E-state index contributed by atoms with van der Waals surface area (Å²) in [5, 5.41) is 8.99. The average molecular weight is 281 g/mol. The van der Waals surface area contributed by atoms with Crippen molar-refractivity contribution >= 4 is 10.9 Å². The summed E-state index contributed by atoms with van der Waals surface area (Å²) in [4.78, 5) is 0. The molecule has 1 heterocycles. The second-order valence-corrected chi connectivity index (χ2v) is 5.54. The van der Waals surface area contributed by atoms with E-state index in [9.17, 15) is 4.39 Å². The second-order valence-electron chi connectivity index (χ2n) is 5.54. The molecule has 3 nitrogen and oxygen atoms in total. The Hall–Kier alpha value is -2.20. The first-order chi connectivity index (χ1) is 10.3. The molecule has 0 atom stereocenters. The molecule has 0 saturated heterocycles. The Labute approximate surface area is 122 Å². The second kappa shape index (κ2) is 4.97. The molecule has 1 N–H and O–H groups in total. The Balaban J connectivity index is 1.79. The van der Waals surface area contributed by atoms with E-state index in [-0.39, 0.29) is 5.82 Å². The number of hydrogen-bond donors (Lipinski definition) is 1. The summed E-state index contributed by atoms with van der Waals surface area (Å²) in [5.74, 6) is -0.206. The minimum absolute atomic E-state index is 0.206. The first-order valence-electron chi connectivity index (χ1n) is 7.26. The van der Waals surface area contributed by atoms with Crippen LogP contribution in [0.25, 0.3) is 16.6 Å². The molecule has 0 aliphatic heterocycles. The van der Waals surface area contributed by atoms with Crippen LogP contribution in [-0.2, 0) is 6.54 Å². The van der Waals surface area contributed by atoms with Gasteiger partial charge in [0.1, 0.15) is 5.82 Å².